The van der Waals surface area contributed by atoms with Crippen LogP contribution in [0.2, 0.25) is 0 Å². The van der Waals surface area contributed by atoms with Crippen molar-refractivity contribution in [3.63, 3.8) is 0 Å². The molecule has 2 rings (SSSR count). The Balaban J connectivity index is 1.86. The molecule has 1 saturated carbocycles. The summed E-state index contributed by atoms with van der Waals surface area (Å²) in [6.07, 6.45) is 0.818. The minimum Gasteiger partial charge on any atom is -0.464 e. The maximum absolute atomic E-state index is 11.9. The topological polar surface area (TPSA) is 59.1 Å². The molecule has 0 aromatic carbocycles. The van der Waals surface area contributed by atoms with Gasteiger partial charge < -0.3 is 14.4 Å². The summed E-state index contributed by atoms with van der Waals surface area (Å²) < 4.78 is 9.60. The van der Waals surface area contributed by atoms with E-state index in [0.29, 0.717) is 26.2 Å². The number of esters is 1. The number of carbonyl (C=O) groups excluding carboxylic acids is 2. The summed E-state index contributed by atoms with van der Waals surface area (Å²) in [4.78, 5) is 27.1. The molecule has 0 atom stereocenters. The van der Waals surface area contributed by atoms with E-state index in [-0.39, 0.29) is 12.6 Å². The average Bonchev–Trinajstić information content (AvgIpc) is 3.19. The molecule has 0 aromatic rings. The van der Waals surface area contributed by atoms with Gasteiger partial charge in [-0.25, -0.2) is 4.79 Å². The highest BCUT2D eigenvalue weighted by Gasteiger charge is 2.56. The molecular formula is C15H18N2O4. The van der Waals surface area contributed by atoms with E-state index in [1.165, 1.54) is 4.90 Å². The van der Waals surface area contributed by atoms with Gasteiger partial charge >= 0.3 is 12.1 Å². The summed E-state index contributed by atoms with van der Waals surface area (Å²) in [5.74, 6) is -0.300. The second kappa shape index (κ2) is 5.83. The van der Waals surface area contributed by atoms with Crippen LogP contribution in [0.25, 0.3) is 0 Å². The van der Waals surface area contributed by atoms with Gasteiger partial charge in [0.25, 0.3) is 0 Å². The smallest absolute Gasteiger partial charge is 0.410 e. The van der Waals surface area contributed by atoms with Gasteiger partial charge in [0, 0.05) is 53.9 Å². The van der Waals surface area contributed by atoms with Gasteiger partial charge in [-0.15, -0.1) is 0 Å². The van der Waals surface area contributed by atoms with Crippen molar-refractivity contribution in [1.82, 2.24) is 9.80 Å². The first-order valence-electron chi connectivity index (χ1n) is 6.75. The van der Waals surface area contributed by atoms with Gasteiger partial charge in [0.1, 0.15) is 11.1 Å². The molecule has 21 heavy (non-hydrogen) atoms. The maximum atomic E-state index is 11.9. The number of amides is 1. The standard InChI is InChI=1S/C15H18N2O4/c1-5-20-12(18)15(6-7-15)17-10-8-16(9-11-17)13(19)21-14(2,3)4/h1-4H,5-11H2. The third-order valence-corrected chi connectivity index (χ3v) is 3.73. The summed E-state index contributed by atoms with van der Waals surface area (Å²) in [5, 5.41) is 0. The van der Waals surface area contributed by atoms with Crippen LogP contribution in [0.1, 0.15) is 12.8 Å². The van der Waals surface area contributed by atoms with Crippen molar-refractivity contribution in [3.8, 4) is 0 Å². The van der Waals surface area contributed by atoms with Crippen molar-refractivity contribution in [2.75, 3.05) is 32.8 Å². The third-order valence-electron chi connectivity index (χ3n) is 3.73. The number of ether oxygens (including phenoxy) is 2. The van der Waals surface area contributed by atoms with Crippen LogP contribution in [0.15, 0.2) is 0 Å². The zero-order valence-electron chi connectivity index (χ0n) is 11.8. The lowest BCUT2D eigenvalue weighted by Gasteiger charge is -2.38. The Morgan fingerprint density at radius 3 is 2.10 bits per heavy atom. The largest absolute Gasteiger partial charge is 0.464 e. The summed E-state index contributed by atoms with van der Waals surface area (Å²) in [5.41, 5.74) is -2.56. The second-order valence-electron chi connectivity index (χ2n) is 5.33. The van der Waals surface area contributed by atoms with E-state index < -0.39 is 17.2 Å². The fourth-order valence-electron chi connectivity index (χ4n) is 2.51. The molecule has 0 bridgehead atoms. The zero-order valence-corrected chi connectivity index (χ0v) is 11.8. The van der Waals surface area contributed by atoms with E-state index in [2.05, 4.69) is 0 Å². The summed E-state index contributed by atoms with van der Waals surface area (Å²) in [6.45, 7) is 22.6. The molecule has 6 nitrogen and oxygen atoms in total. The minimum atomic E-state index is -1.99. The molecule has 0 unspecified atom stereocenters. The van der Waals surface area contributed by atoms with Gasteiger partial charge in [-0.05, 0) is 12.8 Å². The lowest BCUT2D eigenvalue weighted by molar-refractivity contribution is -0.151. The summed E-state index contributed by atoms with van der Waals surface area (Å²) in [6, 6.07) is 0. The van der Waals surface area contributed by atoms with Crippen molar-refractivity contribution in [2.24, 2.45) is 0 Å². The van der Waals surface area contributed by atoms with Crippen molar-refractivity contribution in [3.05, 3.63) is 27.7 Å². The molecule has 112 valence electrons. The van der Waals surface area contributed by atoms with Gasteiger partial charge in [-0.3, -0.25) is 9.69 Å². The molecule has 1 aliphatic carbocycles. The first kappa shape index (κ1) is 16.1. The number of rotatable bonds is 4. The predicted octanol–water partition coefficient (Wildman–Crippen LogP) is 0.400. The normalized spacial score (nSPS) is 21.8. The predicted molar refractivity (Wildman–Crippen MR) is 72.5 cm³/mol. The Morgan fingerprint density at radius 2 is 1.67 bits per heavy atom. The fourth-order valence-corrected chi connectivity index (χ4v) is 2.51. The van der Waals surface area contributed by atoms with Gasteiger partial charge in [-0.2, -0.15) is 0 Å². The zero-order chi connectivity index (χ0) is 15.7. The van der Waals surface area contributed by atoms with Gasteiger partial charge in [0.05, 0.1) is 6.61 Å². The minimum absolute atomic E-state index is 0.127. The van der Waals surface area contributed by atoms with Crippen LogP contribution >= 0.6 is 0 Å². The van der Waals surface area contributed by atoms with Crippen LogP contribution in [0.5, 0.6) is 0 Å². The van der Waals surface area contributed by atoms with Crippen LogP contribution in [0, 0.1) is 27.7 Å². The first-order chi connectivity index (χ1) is 9.78. The van der Waals surface area contributed by atoms with Crippen LogP contribution in [0.4, 0.5) is 4.79 Å². The molecule has 1 saturated heterocycles. The van der Waals surface area contributed by atoms with E-state index >= 15 is 0 Å². The number of carbonyl (C=O) groups is 2. The second-order valence-corrected chi connectivity index (χ2v) is 5.33. The van der Waals surface area contributed by atoms with Crippen LogP contribution in [-0.4, -0.2) is 65.8 Å². The lowest BCUT2D eigenvalue weighted by atomic mass is 10.2. The molecular weight excluding hydrogens is 272 g/mol. The lowest BCUT2D eigenvalue weighted by Crippen LogP contribution is -2.56. The number of nitrogens with zero attached hydrogens (tertiary/aromatic N) is 2. The molecule has 2 aliphatic rings. The number of hydrogen-bond donors (Lipinski definition) is 0. The van der Waals surface area contributed by atoms with E-state index in [0.717, 1.165) is 12.8 Å². The summed E-state index contributed by atoms with van der Waals surface area (Å²) in [7, 11) is 0. The highest BCUT2D eigenvalue weighted by Crippen LogP contribution is 2.43. The first-order valence-corrected chi connectivity index (χ1v) is 6.75. The van der Waals surface area contributed by atoms with Crippen molar-refractivity contribution in [2.45, 2.75) is 24.0 Å². The van der Waals surface area contributed by atoms with Gasteiger partial charge in [0.15, 0.2) is 0 Å². The summed E-state index contributed by atoms with van der Waals surface area (Å²) >= 11 is 0. The molecule has 0 aromatic heterocycles. The Hall–Kier alpha value is -1.30. The Morgan fingerprint density at radius 1 is 1.10 bits per heavy atom. The molecule has 1 aliphatic heterocycles. The van der Waals surface area contributed by atoms with E-state index in [4.69, 9.17) is 37.2 Å². The fraction of sp³-hybridized carbons (Fsp3) is 0.600. The molecule has 1 heterocycles. The van der Waals surface area contributed by atoms with Gasteiger partial charge in [0.2, 0.25) is 0 Å². The molecule has 0 spiro atoms. The Bertz CT molecular complexity index is 404. The van der Waals surface area contributed by atoms with E-state index in [9.17, 15) is 9.59 Å². The van der Waals surface area contributed by atoms with Crippen molar-refractivity contribution >= 4 is 12.1 Å². The van der Waals surface area contributed by atoms with Crippen LogP contribution in [0.3, 0.4) is 0 Å². The quantitative estimate of drug-likeness (QED) is 0.701. The Kier molecular flexibility index (Phi) is 4.46. The number of hydrogen-bond acceptors (Lipinski definition) is 5. The van der Waals surface area contributed by atoms with Crippen molar-refractivity contribution < 1.29 is 19.1 Å². The van der Waals surface area contributed by atoms with Crippen LogP contribution < -0.4 is 0 Å². The number of piperazine rings is 1. The molecule has 6 heteroatoms. The van der Waals surface area contributed by atoms with Crippen molar-refractivity contribution in [1.29, 1.82) is 0 Å². The monoisotopic (exact) mass is 290 g/mol. The van der Waals surface area contributed by atoms with Crippen LogP contribution in [-0.2, 0) is 14.3 Å². The SMILES string of the molecule is [CH]COC(=O)C1(N2CCN(C(=O)OC([CH])([CH])[CH])CC2)CC1. The molecule has 8 radical (unpaired) electrons. The molecule has 1 amide bonds. The van der Waals surface area contributed by atoms with E-state index in [1.54, 1.807) is 0 Å². The Labute approximate surface area is 126 Å². The average molecular weight is 290 g/mol. The van der Waals surface area contributed by atoms with E-state index in [1.807, 2.05) is 4.90 Å². The molecule has 2 fully saturated rings. The third kappa shape index (κ3) is 3.67. The highest BCUT2D eigenvalue weighted by molar-refractivity contribution is 5.84. The van der Waals surface area contributed by atoms with Gasteiger partial charge in [-0.1, -0.05) is 0 Å². The molecule has 0 N–H and O–H groups in total. The maximum Gasteiger partial charge on any atom is 0.410 e. The highest BCUT2D eigenvalue weighted by atomic mass is 16.6.